The Bertz CT molecular complexity index is 607. The molecule has 0 bridgehead atoms. The number of piperidine rings is 1. The Balaban J connectivity index is 1.55. The summed E-state index contributed by atoms with van der Waals surface area (Å²) in [7, 11) is 0. The first-order valence-electron chi connectivity index (χ1n) is 7.95. The van der Waals surface area contributed by atoms with E-state index < -0.39 is 0 Å². The number of rotatable bonds is 5. The number of hydrogen-bond donors (Lipinski definition) is 0. The van der Waals surface area contributed by atoms with Gasteiger partial charge >= 0.3 is 0 Å². The molecule has 3 heterocycles. The Morgan fingerprint density at radius 3 is 3.09 bits per heavy atom. The lowest BCUT2D eigenvalue weighted by Crippen LogP contribution is -2.39. The van der Waals surface area contributed by atoms with E-state index in [-0.39, 0.29) is 5.91 Å². The van der Waals surface area contributed by atoms with Gasteiger partial charge < -0.3 is 9.47 Å². The number of likely N-dealkylation sites (tertiary alicyclic amines) is 1. The first kappa shape index (κ1) is 15.2. The maximum Gasteiger partial charge on any atom is 0.224 e. The second-order valence-electron chi connectivity index (χ2n) is 5.69. The molecule has 2 aromatic heterocycles. The molecule has 1 aliphatic heterocycles. The van der Waals surface area contributed by atoms with Crippen molar-refractivity contribution in [2.45, 2.75) is 45.1 Å². The molecule has 0 aromatic carbocycles. The molecule has 6 heteroatoms. The van der Waals surface area contributed by atoms with Gasteiger partial charge in [0.05, 0.1) is 5.01 Å². The summed E-state index contributed by atoms with van der Waals surface area (Å²) < 4.78 is 2.08. The first-order chi connectivity index (χ1) is 10.8. The Kier molecular flexibility index (Phi) is 4.87. The van der Waals surface area contributed by atoms with Crippen molar-refractivity contribution in [1.29, 1.82) is 0 Å². The van der Waals surface area contributed by atoms with E-state index in [9.17, 15) is 4.79 Å². The number of amides is 1. The third-order valence-electron chi connectivity index (χ3n) is 4.26. The summed E-state index contributed by atoms with van der Waals surface area (Å²) in [5, 5.41) is 3.18. The smallest absolute Gasteiger partial charge is 0.224 e. The van der Waals surface area contributed by atoms with E-state index in [1.807, 2.05) is 28.9 Å². The highest BCUT2D eigenvalue weighted by atomic mass is 32.1. The number of aryl methyl sites for hydroxylation is 2. The van der Waals surface area contributed by atoms with Crippen molar-refractivity contribution in [2.24, 2.45) is 0 Å². The maximum absolute atomic E-state index is 12.5. The van der Waals surface area contributed by atoms with Crippen molar-refractivity contribution in [3.8, 4) is 0 Å². The van der Waals surface area contributed by atoms with Crippen molar-refractivity contribution in [2.75, 3.05) is 13.1 Å². The molecule has 1 atom stereocenters. The number of hydrogen-bond acceptors (Lipinski definition) is 4. The molecular weight excluding hydrogens is 296 g/mol. The maximum atomic E-state index is 12.5. The number of aromatic nitrogens is 3. The zero-order chi connectivity index (χ0) is 15.4. The van der Waals surface area contributed by atoms with E-state index in [1.54, 1.807) is 11.3 Å². The zero-order valence-electron chi connectivity index (χ0n) is 12.9. The SMILES string of the molecule is CCc1nccn1CCC(=O)N1CCC[C@@H](c2nccs2)C1. The molecule has 2 aromatic rings. The zero-order valence-corrected chi connectivity index (χ0v) is 13.8. The second kappa shape index (κ2) is 7.05. The topological polar surface area (TPSA) is 51.0 Å². The van der Waals surface area contributed by atoms with Gasteiger partial charge in [-0.3, -0.25) is 4.79 Å². The lowest BCUT2D eigenvalue weighted by atomic mass is 9.98. The van der Waals surface area contributed by atoms with Crippen LogP contribution in [0.25, 0.3) is 0 Å². The quantitative estimate of drug-likeness (QED) is 0.851. The van der Waals surface area contributed by atoms with Crippen LogP contribution >= 0.6 is 11.3 Å². The normalized spacial score (nSPS) is 18.6. The minimum atomic E-state index is 0.247. The predicted molar refractivity (Wildman–Crippen MR) is 86.9 cm³/mol. The Labute approximate surface area is 135 Å². The van der Waals surface area contributed by atoms with Crippen LogP contribution in [0.1, 0.15) is 42.9 Å². The number of imidazole rings is 1. The predicted octanol–water partition coefficient (Wildman–Crippen LogP) is 2.70. The molecule has 1 amide bonds. The van der Waals surface area contributed by atoms with Gasteiger partial charge in [-0.2, -0.15) is 0 Å². The molecule has 0 spiro atoms. The van der Waals surface area contributed by atoms with E-state index >= 15 is 0 Å². The number of carbonyl (C=O) groups excluding carboxylic acids is 1. The number of carbonyl (C=O) groups is 1. The minimum Gasteiger partial charge on any atom is -0.342 e. The Hall–Kier alpha value is -1.69. The van der Waals surface area contributed by atoms with Gasteiger partial charge in [-0.25, -0.2) is 9.97 Å². The van der Waals surface area contributed by atoms with Crippen LogP contribution in [0.4, 0.5) is 0 Å². The third kappa shape index (κ3) is 3.38. The molecule has 0 saturated carbocycles. The summed E-state index contributed by atoms with van der Waals surface area (Å²) in [6, 6.07) is 0. The van der Waals surface area contributed by atoms with Gasteiger partial charge in [-0.15, -0.1) is 11.3 Å². The van der Waals surface area contributed by atoms with Gasteiger partial charge in [0.25, 0.3) is 0 Å². The molecule has 0 N–H and O–H groups in total. The van der Waals surface area contributed by atoms with Crippen LogP contribution in [0.2, 0.25) is 0 Å². The third-order valence-corrected chi connectivity index (χ3v) is 5.20. The highest BCUT2D eigenvalue weighted by molar-refractivity contribution is 7.09. The molecule has 118 valence electrons. The second-order valence-corrected chi connectivity index (χ2v) is 6.62. The Morgan fingerprint density at radius 1 is 1.41 bits per heavy atom. The largest absolute Gasteiger partial charge is 0.342 e. The molecule has 1 aliphatic rings. The first-order valence-corrected chi connectivity index (χ1v) is 8.83. The lowest BCUT2D eigenvalue weighted by molar-refractivity contribution is -0.132. The van der Waals surface area contributed by atoms with Crippen molar-refractivity contribution in [3.05, 3.63) is 34.8 Å². The fourth-order valence-electron chi connectivity index (χ4n) is 3.07. The van der Waals surface area contributed by atoms with Gasteiger partial charge in [0.15, 0.2) is 0 Å². The van der Waals surface area contributed by atoms with E-state index in [2.05, 4.69) is 21.5 Å². The van der Waals surface area contributed by atoms with E-state index in [0.29, 0.717) is 12.3 Å². The summed E-state index contributed by atoms with van der Waals surface area (Å²) in [5.74, 6) is 1.71. The highest BCUT2D eigenvalue weighted by Gasteiger charge is 2.25. The van der Waals surface area contributed by atoms with Crippen LogP contribution < -0.4 is 0 Å². The van der Waals surface area contributed by atoms with E-state index in [1.165, 1.54) is 5.01 Å². The fraction of sp³-hybridized carbons (Fsp3) is 0.562. The van der Waals surface area contributed by atoms with Crippen LogP contribution in [0, 0.1) is 0 Å². The minimum absolute atomic E-state index is 0.247. The molecule has 1 saturated heterocycles. The summed E-state index contributed by atoms with van der Waals surface area (Å²) in [5.41, 5.74) is 0. The van der Waals surface area contributed by atoms with E-state index in [4.69, 9.17) is 0 Å². The fourth-order valence-corrected chi connectivity index (χ4v) is 3.84. The van der Waals surface area contributed by atoms with Crippen molar-refractivity contribution in [1.82, 2.24) is 19.4 Å². The molecule has 0 unspecified atom stereocenters. The average Bonchev–Trinajstić information content (AvgIpc) is 3.23. The van der Waals surface area contributed by atoms with Gasteiger partial charge in [-0.1, -0.05) is 6.92 Å². The summed E-state index contributed by atoms with van der Waals surface area (Å²) >= 11 is 1.70. The van der Waals surface area contributed by atoms with Crippen molar-refractivity contribution >= 4 is 17.2 Å². The van der Waals surface area contributed by atoms with Crippen molar-refractivity contribution in [3.63, 3.8) is 0 Å². The van der Waals surface area contributed by atoms with Gasteiger partial charge in [-0.05, 0) is 12.8 Å². The number of nitrogens with zero attached hydrogens (tertiary/aromatic N) is 4. The molecular formula is C16H22N4OS. The molecule has 5 nitrogen and oxygen atoms in total. The molecule has 22 heavy (non-hydrogen) atoms. The number of thiazole rings is 1. The standard InChI is InChI=1S/C16H22N4OS/c1-2-14-17-6-10-19(14)9-5-15(21)20-8-3-4-13(12-20)16-18-7-11-22-16/h6-7,10-11,13H,2-5,8-9,12H2,1H3/t13-/m1/s1. The van der Waals surface area contributed by atoms with Crippen LogP contribution in [0.5, 0.6) is 0 Å². The van der Waals surface area contributed by atoms with Gasteiger partial charge in [0.1, 0.15) is 5.82 Å². The van der Waals surface area contributed by atoms with Crippen LogP contribution in [-0.4, -0.2) is 38.4 Å². The Morgan fingerprint density at radius 2 is 2.32 bits per heavy atom. The van der Waals surface area contributed by atoms with Gasteiger partial charge in [0, 0.05) is 62.4 Å². The summed E-state index contributed by atoms with van der Waals surface area (Å²) in [4.78, 5) is 23.2. The molecule has 1 fully saturated rings. The molecule has 0 aliphatic carbocycles. The highest BCUT2D eigenvalue weighted by Crippen LogP contribution is 2.28. The van der Waals surface area contributed by atoms with Crippen LogP contribution in [0.15, 0.2) is 24.0 Å². The van der Waals surface area contributed by atoms with E-state index in [0.717, 1.165) is 44.7 Å². The lowest BCUT2D eigenvalue weighted by Gasteiger charge is -2.32. The summed E-state index contributed by atoms with van der Waals surface area (Å²) in [6.07, 6.45) is 9.28. The van der Waals surface area contributed by atoms with Crippen LogP contribution in [-0.2, 0) is 17.8 Å². The molecule has 0 radical (unpaired) electrons. The van der Waals surface area contributed by atoms with Crippen molar-refractivity contribution < 1.29 is 4.79 Å². The van der Waals surface area contributed by atoms with Gasteiger partial charge in [0.2, 0.25) is 5.91 Å². The monoisotopic (exact) mass is 318 g/mol. The average molecular weight is 318 g/mol. The summed E-state index contributed by atoms with van der Waals surface area (Å²) in [6.45, 7) is 4.51. The van der Waals surface area contributed by atoms with Crippen LogP contribution in [0.3, 0.4) is 0 Å². The molecule has 3 rings (SSSR count).